The normalized spacial score (nSPS) is 12.8. The fraction of sp³-hybridized carbons (Fsp3) is 0.200. The van der Waals surface area contributed by atoms with Crippen LogP contribution in [0.15, 0.2) is 39.9 Å². The number of benzene rings is 1. The number of nitrogens with one attached hydrogen (secondary N) is 1. The average Bonchev–Trinajstić information content (AvgIpc) is 2.47. The molecule has 7 nitrogen and oxygen atoms in total. The van der Waals surface area contributed by atoms with Crippen LogP contribution in [0.1, 0.15) is 18.8 Å². The van der Waals surface area contributed by atoms with Crippen LogP contribution in [0.25, 0.3) is 16.6 Å². The Morgan fingerprint density at radius 3 is 2.77 bits per heavy atom. The number of H-pyrrole nitrogens is 1. The van der Waals surface area contributed by atoms with Crippen molar-refractivity contribution in [3.05, 3.63) is 56.6 Å². The van der Waals surface area contributed by atoms with E-state index in [-0.39, 0.29) is 17.7 Å². The second-order valence-electron chi connectivity index (χ2n) is 4.74. The maximum atomic E-state index is 12.3. The van der Waals surface area contributed by atoms with E-state index in [2.05, 4.69) is 4.98 Å². The smallest absolute Gasteiger partial charge is 0.273 e. The molecule has 1 unspecified atom stereocenters. The van der Waals surface area contributed by atoms with Gasteiger partial charge in [-0.1, -0.05) is 12.1 Å². The third-order valence-electron chi connectivity index (χ3n) is 3.41. The Morgan fingerprint density at radius 2 is 2.05 bits per heavy atom. The van der Waals surface area contributed by atoms with E-state index in [1.54, 1.807) is 31.2 Å². The predicted octanol–water partition coefficient (Wildman–Crippen LogP) is 0.874. The predicted molar refractivity (Wildman–Crippen MR) is 80.0 cm³/mol. The van der Waals surface area contributed by atoms with Gasteiger partial charge in [-0.05, 0) is 19.1 Å². The van der Waals surface area contributed by atoms with Gasteiger partial charge in [0.2, 0.25) is 0 Å². The molecule has 0 aliphatic heterocycles. The average molecular weight is 302 g/mol. The summed E-state index contributed by atoms with van der Waals surface area (Å²) in [6.07, 6.45) is -1.51. The Kier molecular flexibility index (Phi) is 3.44. The number of hydrogen-bond acceptors (Lipinski definition) is 5. The van der Waals surface area contributed by atoms with Gasteiger partial charge >= 0.3 is 0 Å². The zero-order chi connectivity index (χ0) is 15.9. The molecule has 0 aliphatic rings. The van der Waals surface area contributed by atoms with Crippen LogP contribution in [-0.4, -0.2) is 26.2 Å². The first-order valence-corrected chi connectivity index (χ1v) is 6.74. The first kappa shape index (κ1) is 14.3. The minimum absolute atomic E-state index is 0.131. The second-order valence-corrected chi connectivity index (χ2v) is 4.74. The van der Waals surface area contributed by atoms with Crippen LogP contribution in [0.4, 0.5) is 0 Å². The van der Waals surface area contributed by atoms with Crippen LogP contribution in [0, 0.1) is 0 Å². The van der Waals surface area contributed by atoms with Crippen molar-refractivity contribution in [3.63, 3.8) is 0 Å². The number of para-hydroxylation sites is 2. The maximum absolute atomic E-state index is 12.3. The van der Waals surface area contributed by atoms with Crippen LogP contribution >= 0.6 is 0 Å². The number of nitrogens with zero attached hydrogens (tertiary/aromatic N) is 1. The molecule has 1 aromatic carbocycles. The van der Waals surface area contributed by atoms with Gasteiger partial charge in [0.1, 0.15) is 11.3 Å². The van der Waals surface area contributed by atoms with E-state index < -0.39 is 23.2 Å². The van der Waals surface area contributed by atoms with E-state index in [0.717, 1.165) is 10.5 Å². The summed E-state index contributed by atoms with van der Waals surface area (Å²) in [6, 6.07) is 7.72. The standard InChI is InChI=1S/C15H14N2O5/c1-2-22-15(21)12-10(18)7-11(19)17-9-6-4-3-5-8(9)16-14(20)13(12)17/h3-7,15,18,21H,2H2,1H3,(H,16,20). The summed E-state index contributed by atoms with van der Waals surface area (Å²) >= 11 is 0. The van der Waals surface area contributed by atoms with E-state index in [4.69, 9.17) is 4.74 Å². The molecule has 114 valence electrons. The Morgan fingerprint density at radius 1 is 1.32 bits per heavy atom. The van der Waals surface area contributed by atoms with Gasteiger partial charge in [-0.15, -0.1) is 0 Å². The van der Waals surface area contributed by atoms with Crippen LogP contribution in [0.2, 0.25) is 0 Å². The largest absolute Gasteiger partial charge is 0.507 e. The van der Waals surface area contributed by atoms with E-state index in [1.165, 1.54) is 0 Å². The third kappa shape index (κ3) is 2.07. The molecule has 2 heterocycles. The maximum Gasteiger partial charge on any atom is 0.273 e. The molecule has 0 spiro atoms. The van der Waals surface area contributed by atoms with Crippen LogP contribution in [0.5, 0.6) is 5.75 Å². The lowest BCUT2D eigenvalue weighted by molar-refractivity contribution is -0.0982. The molecule has 22 heavy (non-hydrogen) atoms. The van der Waals surface area contributed by atoms with E-state index in [0.29, 0.717) is 11.0 Å². The van der Waals surface area contributed by atoms with Gasteiger partial charge in [0, 0.05) is 12.7 Å². The first-order valence-electron chi connectivity index (χ1n) is 6.74. The molecule has 1 atom stereocenters. The van der Waals surface area contributed by atoms with Crippen molar-refractivity contribution in [1.29, 1.82) is 0 Å². The van der Waals surface area contributed by atoms with Gasteiger partial charge in [-0.3, -0.25) is 14.0 Å². The molecule has 0 saturated heterocycles. The summed E-state index contributed by atoms with van der Waals surface area (Å²) in [4.78, 5) is 27.2. The Bertz CT molecular complexity index is 973. The molecule has 3 N–H and O–H groups in total. The van der Waals surface area contributed by atoms with Gasteiger partial charge in [0.05, 0.1) is 16.6 Å². The molecule has 0 saturated carbocycles. The first-order chi connectivity index (χ1) is 10.5. The zero-order valence-corrected chi connectivity index (χ0v) is 11.7. The Balaban J connectivity index is 2.55. The minimum atomic E-state index is -1.51. The number of aromatic amines is 1. The lowest BCUT2D eigenvalue weighted by Crippen LogP contribution is -2.24. The van der Waals surface area contributed by atoms with Crippen molar-refractivity contribution in [2.75, 3.05) is 6.61 Å². The van der Waals surface area contributed by atoms with Gasteiger partial charge in [0.25, 0.3) is 11.1 Å². The van der Waals surface area contributed by atoms with Crippen LogP contribution in [-0.2, 0) is 4.74 Å². The summed E-state index contributed by atoms with van der Waals surface area (Å²) in [5.41, 5.74) is -0.488. The summed E-state index contributed by atoms with van der Waals surface area (Å²) in [6.45, 7) is 1.84. The molecule has 2 aromatic heterocycles. The van der Waals surface area contributed by atoms with Crippen molar-refractivity contribution < 1.29 is 14.9 Å². The van der Waals surface area contributed by atoms with E-state index in [1.807, 2.05) is 0 Å². The molecule has 0 radical (unpaired) electrons. The topological polar surface area (TPSA) is 104 Å². The Hall–Kier alpha value is -2.64. The van der Waals surface area contributed by atoms with Crippen LogP contribution < -0.4 is 11.1 Å². The second kappa shape index (κ2) is 5.28. The SMILES string of the molecule is CCOC(O)c1c(O)cc(=O)n2c1c(=O)[nH]c1ccccc12. The highest BCUT2D eigenvalue weighted by atomic mass is 16.6. The molecule has 0 aliphatic carbocycles. The number of aromatic nitrogens is 2. The van der Waals surface area contributed by atoms with Crippen molar-refractivity contribution in [3.8, 4) is 5.75 Å². The minimum Gasteiger partial charge on any atom is -0.507 e. The number of aliphatic hydroxyl groups excluding tert-OH is 1. The highest BCUT2D eigenvalue weighted by Crippen LogP contribution is 2.27. The number of aliphatic hydroxyl groups is 1. The van der Waals surface area contributed by atoms with Gasteiger partial charge < -0.3 is 19.9 Å². The van der Waals surface area contributed by atoms with Gasteiger partial charge in [0.15, 0.2) is 6.29 Å². The molecular weight excluding hydrogens is 288 g/mol. The number of rotatable bonds is 3. The number of aromatic hydroxyl groups is 1. The van der Waals surface area contributed by atoms with E-state index >= 15 is 0 Å². The fourth-order valence-electron chi connectivity index (χ4n) is 2.51. The number of fused-ring (bicyclic) bond motifs is 3. The zero-order valence-electron chi connectivity index (χ0n) is 11.7. The highest BCUT2D eigenvalue weighted by Gasteiger charge is 2.21. The molecule has 7 heteroatoms. The highest BCUT2D eigenvalue weighted by molar-refractivity contribution is 5.79. The molecule has 3 aromatic rings. The molecule has 0 bridgehead atoms. The summed E-state index contributed by atoms with van der Waals surface area (Å²) in [5, 5.41) is 20.0. The summed E-state index contributed by atoms with van der Waals surface area (Å²) < 4.78 is 6.21. The lowest BCUT2D eigenvalue weighted by atomic mass is 10.1. The summed E-state index contributed by atoms with van der Waals surface area (Å²) in [7, 11) is 0. The van der Waals surface area contributed by atoms with Crippen molar-refractivity contribution >= 4 is 16.6 Å². The number of ether oxygens (including phenoxy) is 1. The molecule has 0 fully saturated rings. The monoisotopic (exact) mass is 302 g/mol. The van der Waals surface area contributed by atoms with Crippen molar-refractivity contribution in [2.24, 2.45) is 0 Å². The number of hydrogen-bond donors (Lipinski definition) is 3. The number of pyridine rings is 1. The summed E-state index contributed by atoms with van der Waals surface area (Å²) in [5.74, 6) is -0.480. The quantitative estimate of drug-likeness (QED) is 0.492. The molecular formula is C15H14N2O5. The molecule has 0 amide bonds. The molecule has 3 rings (SSSR count). The van der Waals surface area contributed by atoms with Crippen molar-refractivity contribution in [1.82, 2.24) is 9.38 Å². The van der Waals surface area contributed by atoms with Crippen LogP contribution in [0.3, 0.4) is 0 Å². The van der Waals surface area contributed by atoms with Gasteiger partial charge in [-0.25, -0.2) is 0 Å². The lowest BCUT2D eigenvalue weighted by Gasteiger charge is -2.16. The van der Waals surface area contributed by atoms with E-state index in [9.17, 15) is 19.8 Å². The van der Waals surface area contributed by atoms with Gasteiger partial charge in [-0.2, -0.15) is 0 Å². The Labute approximate surface area is 124 Å². The fourth-order valence-corrected chi connectivity index (χ4v) is 2.51. The van der Waals surface area contributed by atoms with Crippen molar-refractivity contribution in [2.45, 2.75) is 13.2 Å². The third-order valence-corrected chi connectivity index (χ3v) is 3.41.